The van der Waals surface area contributed by atoms with Crippen molar-refractivity contribution >= 4 is 23.4 Å². The molecule has 0 aliphatic rings. The van der Waals surface area contributed by atoms with Crippen molar-refractivity contribution in [1.82, 2.24) is 0 Å². The standard InChI is InChI=1S/C10H12ClNO2.Cu/c1-7(2)14-10(13)12-9-5-3-4-8(11)6-9;/h3-7H,1-2H3,(H,12,13);. The predicted octanol–water partition coefficient (Wildman–Crippen LogP) is 3.29. The molecule has 0 saturated heterocycles. The van der Waals surface area contributed by atoms with E-state index in [1.165, 1.54) is 0 Å². The Kier molecular flexibility index (Phi) is 6.41. The molecular formula is C10H12ClCuNO2. The Morgan fingerprint density at radius 1 is 1.47 bits per heavy atom. The fraction of sp³-hybridized carbons (Fsp3) is 0.300. The summed E-state index contributed by atoms with van der Waals surface area (Å²) in [5.41, 5.74) is 0.628. The molecule has 0 aliphatic carbocycles. The number of carbonyl (C=O) groups is 1. The summed E-state index contributed by atoms with van der Waals surface area (Å²) in [7, 11) is 0. The van der Waals surface area contributed by atoms with Crippen molar-refractivity contribution in [1.29, 1.82) is 0 Å². The number of hydrogen-bond acceptors (Lipinski definition) is 2. The van der Waals surface area contributed by atoms with Gasteiger partial charge in [0.25, 0.3) is 0 Å². The molecule has 1 aromatic rings. The van der Waals surface area contributed by atoms with Gasteiger partial charge >= 0.3 is 6.09 Å². The van der Waals surface area contributed by atoms with Gasteiger partial charge in [-0.25, -0.2) is 4.79 Å². The molecule has 0 aliphatic heterocycles. The molecule has 0 heterocycles. The van der Waals surface area contributed by atoms with E-state index in [1.54, 1.807) is 38.1 Å². The molecule has 3 nitrogen and oxygen atoms in total. The van der Waals surface area contributed by atoms with Crippen LogP contribution in [0, 0.1) is 0 Å². The monoisotopic (exact) mass is 276 g/mol. The number of halogens is 1. The van der Waals surface area contributed by atoms with Crippen LogP contribution in [0.5, 0.6) is 0 Å². The third kappa shape index (κ3) is 5.67. The molecule has 0 bridgehead atoms. The van der Waals surface area contributed by atoms with Crippen molar-refractivity contribution < 1.29 is 26.6 Å². The van der Waals surface area contributed by atoms with Gasteiger partial charge in [0.1, 0.15) is 0 Å². The van der Waals surface area contributed by atoms with Gasteiger partial charge in [-0.15, -0.1) is 0 Å². The van der Waals surface area contributed by atoms with Crippen molar-refractivity contribution in [3.63, 3.8) is 0 Å². The quantitative estimate of drug-likeness (QED) is 0.842. The molecule has 5 heteroatoms. The van der Waals surface area contributed by atoms with Crippen LogP contribution in [-0.2, 0) is 21.8 Å². The second-order valence-corrected chi connectivity index (χ2v) is 3.53. The minimum absolute atomic E-state index is 0. The van der Waals surface area contributed by atoms with Crippen molar-refractivity contribution in [2.75, 3.05) is 5.32 Å². The Morgan fingerprint density at radius 2 is 2.13 bits per heavy atom. The Labute approximate surface area is 105 Å². The summed E-state index contributed by atoms with van der Waals surface area (Å²) in [5.74, 6) is 0. The Morgan fingerprint density at radius 3 is 2.67 bits per heavy atom. The first-order valence-corrected chi connectivity index (χ1v) is 4.69. The molecular weight excluding hydrogens is 265 g/mol. The van der Waals surface area contributed by atoms with E-state index in [-0.39, 0.29) is 23.2 Å². The summed E-state index contributed by atoms with van der Waals surface area (Å²) in [6.45, 7) is 3.58. The van der Waals surface area contributed by atoms with E-state index in [2.05, 4.69) is 5.32 Å². The number of amides is 1. The first-order chi connectivity index (χ1) is 6.58. The van der Waals surface area contributed by atoms with Crippen LogP contribution in [-0.4, -0.2) is 12.2 Å². The molecule has 1 radical (unpaired) electrons. The molecule has 0 aromatic heterocycles. The van der Waals surface area contributed by atoms with Gasteiger partial charge in [-0.05, 0) is 32.0 Å². The second kappa shape index (κ2) is 6.72. The summed E-state index contributed by atoms with van der Waals surface area (Å²) < 4.78 is 4.90. The van der Waals surface area contributed by atoms with Crippen LogP contribution in [0.3, 0.4) is 0 Å². The van der Waals surface area contributed by atoms with Gasteiger partial charge in [-0.2, -0.15) is 0 Å². The smallest absolute Gasteiger partial charge is 0.411 e. The summed E-state index contributed by atoms with van der Waals surface area (Å²) in [5, 5.41) is 3.14. The Bertz CT molecular complexity index is 331. The molecule has 15 heavy (non-hydrogen) atoms. The first-order valence-electron chi connectivity index (χ1n) is 4.31. The third-order valence-corrected chi connectivity index (χ3v) is 1.65. The van der Waals surface area contributed by atoms with E-state index >= 15 is 0 Å². The molecule has 0 saturated carbocycles. The molecule has 0 spiro atoms. The molecule has 1 aromatic carbocycles. The van der Waals surface area contributed by atoms with Crippen LogP contribution >= 0.6 is 11.6 Å². The van der Waals surface area contributed by atoms with Crippen LogP contribution < -0.4 is 5.32 Å². The molecule has 1 amide bonds. The summed E-state index contributed by atoms with van der Waals surface area (Å²) in [6.07, 6.45) is -0.601. The fourth-order valence-corrected chi connectivity index (χ4v) is 1.12. The number of anilines is 1. The molecule has 0 fully saturated rings. The van der Waals surface area contributed by atoms with Crippen molar-refractivity contribution in [3.8, 4) is 0 Å². The average Bonchev–Trinajstić information content (AvgIpc) is 2.01. The molecule has 0 unspecified atom stereocenters. The minimum Gasteiger partial charge on any atom is -0.447 e. The molecule has 1 N–H and O–H groups in total. The number of rotatable bonds is 2. The van der Waals surface area contributed by atoms with E-state index < -0.39 is 6.09 Å². The van der Waals surface area contributed by atoms with Gasteiger partial charge in [-0.3, -0.25) is 5.32 Å². The minimum atomic E-state index is -0.470. The maximum absolute atomic E-state index is 11.2. The SMILES string of the molecule is CC(C)OC(=O)Nc1cccc(Cl)c1.[Cu]. The maximum atomic E-state index is 11.2. The Hall–Kier alpha value is -0.701. The molecule has 0 atom stereocenters. The first kappa shape index (κ1) is 14.3. The molecule has 87 valence electrons. The van der Waals surface area contributed by atoms with E-state index in [0.29, 0.717) is 10.7 Å². The summed E-state index contributed by atoms with van der Waals surface area (Å²) in [6, 6.07) is 6.89. The van der Waals surface area contributed by atoms with E-state index in [1.807, 2.05) is 0 Å². The number of carbonyl (C=O) groups excluding carboxylic acids is 1. The zero-order chi connectivity index (χ0) is 10.6. The van der Waals surface area contributed by atoms with Gasteiger partial charge in [0, 0.05) is 27.8 Å². The van der Waals surface area contributed by atoms with Gasteiger partial charge < -0.3 is 4.74 Å². The number of ether oxygens (including phenoxy) is 1. The Balaban J connectivity index is 0.00000196. The zero-order valence-electron chi connectivity index (χ0n) is 8.38. The summed E-state index contributed by atoms with van der Waals surface area (Å²) in [4.78, 5) is 11.2. The average molecular weight is 277 g/mol. The van der Waals surface area contributed by atoms with Crippen molar-refractivity contribution in [2.45, 2.75) is 20.0 Å². The van der Waals surface area contributed by atoms with Crippen molar-refractivity contribution in [2.24, 2.45) is 0 Å². The van der Waals surface area contributed by atoms with Crippen LogP contribution in [0.1, 0.15) is 13.8 Å². The van der Waals surface area contributed by atoms with Crippen LogP contribution in [0.4, 0.5) is 10.5 Å². The summed E-state index contributed by atoms with van der Waals surface area (Å²) >= 11 is 5.74. The van der Waals surface area contributed by atoms with Crippen molar-refractivity contribution in [3.05, 3.63) is 29.3 Å². The van der Waals surface area contributed by atoms with Gasteiger partial charge in [-0.1, -0.05) is 17.7 Å². The maximum Gasteiger partial charge on any atom is 0.411 e. The predicted molar refractivity (Wildman–Crippen MR) is 56.7 cm³/mol. The van der Waals surface area contributed by atoms with Crippen LogP contribution in [0.2, 0.25) is 5.02 Å². The normalized spacial score (nSPS) is 9.33. The van der Waals surface area contributed by atoms with E-state index in [4.69, 9.17) is 16.3 Å². The van der Waals surface area contributed by atoms with Crippen LogP contribution in [0.15, 0.2) is 24.3 Å². The topological polar surface area (TPSA) is 38.3 Å². The second-order valence-electron chi connectivity index (χ2n) is 3.09. The number of nitrogens with one attached hydrogen (secondary N) is 1. The number of hydrogen-bond donors (Lipinski definition) is 1. The van der Waals surface area contributed by atoms with Gasteiger partial charge in [0.05, 0.1) is 6.10 Å². The van der Waals surface area contributed by atoms with Gasteiger partial charge in [0.2, 0.25) is 0 Å². The number of benzene rings is 1. The van der Waals surface area contributed by atoms with Gasteiger partial charge in [0.15, 0.2) is 0 Å². The van der Waals surface area contributed by atoms with E-state index in [9.17, 15) is 4.79 Å². The van der Waals surface area contributed by atoms with E-state index in [0.717, 1.165) is 0 Å². The third-order valence-electron chi connectivity index (χ3n) is 1.41. The fourth-order valence-electron chi connectivity index (χ4n) is 0.928. The largest absolute Gasteiger partial charge is 0.447 e. The molecule has 1 rings (SSSR count). The van der Waals surface area contributed by atoms with Crippen LogP contribution in [0.25, 0.3) is 0 Å². The zero-order valence-corrected chi connectivity index (χ0v) is 10.1.